The van der Waals surface area contributed by atoms with Gasteiger partial charge in [-0.2, -0.15) is 0 Å². The van der Waals surface area contributed by atoms with Gasteiger partial charge in [-0.25, -0.2) is 0 Å². The maximum absolute atomic E-state index is 5.77. The van der Waals surface area contributed by atoms with Crippen LogP contribution < -0.4 is 0 Å². The molecule has 2 aromatic rings. The third-order valence-electron chi connectivity index (χ3n) is 3.51. The van der Waals surface area contributed by atoms with E-state index < -0.39 is 0 Å². The second kappa shape index (κ2) is 5.95. The first-order valence-corrected chi connectivity index (χ1v) is 7.20. The molecule has 3 heterocycles. The predicted octanol–water partition coefficient (Wildman–Crippen LogP) is 2.06. The lowest BCUT2D eigenvalue weighted by Gasteiger charge is -2.32. The van der Waals surface area contributed by atoms with E-state index in [1.807, 2.05) is 26.8 Å². The van der Waals surface area contributed by atoms with Gasteiger partial charge in [-0.1, -0.05) is 19.0 Å². The number of morpholine rings is 1. The Morgan fingerprint density at radius 2 is 2.24 bits per heavy atom. The van der Waals surface area contributed by atoms with Crippen molar-refractivity contribution >= 4 is 0 Å². The lowest BCUT2D eigenvalue weighted by Crippen LogP contribution is -2.39. The molecule has 0 spiro atoms. The summed E-state index contributed by atoms with van der Waals surface area (Å²) in [5.74, 6) is 2.32. The lowest BCUT2D eigenvalue weighted by atomic mass is 10.2. The highest BCUT2D eigenvalue weighted by Crippen LogP contribution is 2.26. The van der Waals surface area contributed by atoms with Crippen molar-refractivity contribution in [2.24, 2.45) is 0 Å². The van der Waals surface area contributed by atoms with Crippen LogP contribution in [0.3, 0.4) is 0 Å². The van der Waals surface area contributed by atoms with Crippen LogP contribution in [0.2, 0.25) is 0 Å². The topological polar surface area (TPSA) is 77.4 Å². The van der Waals surface area contributed by atoms with Crippen LogP contribution >= 0.6 is 0 Å². The van der Waals surface area contributed by atoms with Crippen LogP contribution in [0.15, 0.2) is 15.0 Å². The Morgan fingerprint density at radius 3 is 2.90 bits per heavy atom. The number of nitrogens with zero attached hydrogens (tertiary/aromatic N) is 4. The van der Waals surface area contributed by atoms with Gasteiger partial charge >= 0.3 is 0 Å². The number of rotatable bonds is 4. The number of hydrogen-bond donors (Lipinski definition) is 0. The molecular formula is C14H20N4O3. The summed E-state index contributed by atoms with van der Waals surface area (Å²) in [6.45, 7) is 8.67. The molecule has 7 heteroatoms. The molecule has 21 heavy (non-hydrogen) atoms. The van der Waals surface area contributed by atoms with Gasteiger partial charge in [0.25, 0.3) is 0 Å². The number of hydrogen-bond acceptors (Lipinski definition) is 7. The summed E-state index contributed by atoms with van der Waals surface area (Å²) >= 11 is 0. The van der Waals surface area contributed by atoms with Crippen LogP contribution in [0.5, 0.6) is 0 Å². The Labute approximate surface area is 123 Å². The second-order valence-corrected chi connectivity index (χ2v) is 5.63. The van der Waals surface area contributed by atoms with E-state index in [2.05, 4.69) is 20.3 Å². The molecule has 1 fully saturated rings. The maximum atomic E-state index is 5.77. The molecule has 0 aliphatic carbocycles. The smallest absolute Gasteiger partial charge is 0.236 e. The Kier molecular flexibility index (Phi) is 4.03. The molecule has 2 aromatic heterocycles. The summed E-state index contributed by atoms with van der Waals surface area (Å²) in [4.78, 5) is 2.22. The molecule has 0 amide bonds. The van der Waals surface area contributed by atoms with E-state index in [1.54, 1.807) is 0 Å². The van der Waals surface area contributed by atoms with Crippen LogP contribution in [0.1, 0.15) is 49.0 Å². The summed E-state index contributed by atoms with van der Waals surface area (Å²) in [6, 6.07) is 1.91. The molecule has 1 unspecified atom stereocenters. The quantitative estimate of drug-likeness (QED) is 0.853. The Hall–Kier alpha value is -1.73. The third-order valence-corrected chi connectivity index (χ3v) is 3.51. The van der Waals surface area contributed by atoms with Gasteiger partial charge in [0.05, 0.1) is 25.5 Å². The van der Waals surface area contributed by atoms with E-state index in [0.717, 1.165) is 18.0 Å². The maximum Gasteiger partial charge on any atom is 0.236 e. The van der Waals surface area contributed by atoms with Crippen LogP contribution in [0.25, 0.3) is 0 Å². The molecule has 0 saturated carbocycles. The summed E-state index contributed by atoms with van der Waals surface area (Å²) in [5, 5.41) is 12.2. The summed E-state index contributed by atoms with van der Waals surface area (Å²) in [6.07, 6.45) is 0. The zero-order valence-electron chi connectivity index (χ0n) is 12.6. The van der Waals surface area contributed by atoms with E-state index >= 15 is 0 Å². The van der Waals surface area contributed by atoms with Crippen molar-refractivity contribution in [3.8, 4) is 0 Å². The summed E-state index contributed by atoms with van der Waals surface area (Å²) < 4.78 is 16.6. The van der Waals surface area contributed by atoms with Crippen molar-refractivity contribution in [2.45, 2.75) is 39.3 Å². The molecule has 3 rings (SSSR count). The predicted molar refractivity (Wildman–Crippen MR) is 73.6 cm³/mol. The fourth-order valence-corrected chi connectivity index (χ4v) is 2.36. The highest BCUT2D eigenvalue weighted by molar-refractivity contribution is 5.04. The lowest BCUT2D eigenvalue weighted by molar-refractivity contribution is -0.0259. The zero-order valence-corrected chi connectivity index (χ0v) is 12.6. The van der Waals surface area contributed by atoms with Gasteiger partial charge in [-0.05, 0) is 6.92 Å². The molecule has 1 aliphatic rings. The largest absolute Gasteiger partial charge is 0.423 e. The van der Waals surface area contributed by atoms with Gasteiger partial charge in [-0.15, -0.1) is 10.2 Å². The van der Waals surface area contributed by atoms with Gasteiger partial charge in [0.15, 0.2) is 5.76 Å². The minimum atomic E-state index is -0.0378. The highest BCUT2D eigenvalue weighted by Gasteiger charge is 2.30. The SMILES string of the molecule is Cc1cc(CN2CCOCC2c2nnc(C(C)C)o2)on1. The minimum Gasteiger partial charge on any atom is -0.423 e. The summed E-state index contributed by atoms with van der Waals surface area (Å²) in [5.41, 5.74) is 0.884. The molecule has 1 saturated heterocycles. The van der Waals surface area contributed by atoms with Gasteiger partial charge in [0.1, 0.15) is 6.04 Å². The molecule has 1 aliphatic heterocycles. The minimum absolute atomic E-state index is 0.0378. The normalized spacial score (nSPS) is 20.3. The average Bonchev–Trinajstić information content (AvgIpc) is 3.09. The molecule has 114 valence electrons. The van der Waals surface area contributed by atoms with E-state index in [0.29, 0.717) is 31.5 Å². The molecule has 1 atom stereocenters. The first-order valence-electron chi connectivity index (χ1n) is 7.20. The molecule has 0 bridgehead atoms. The van der Waals surface area contributed by atoms with Crippen molar-refractivity contribution in [2.75, 3.05) is 19.8 Å². The fourth-order valence-electron chi connectivity index (χ4n) is 2.36. The second-order valence-electron chi connectivity index (χ2n) is 5.63. The fraction of sp³-hybridized carbons (Fsp3) is 0.643. The van der Waals surface area contributed by atoms with Crippen LogP contribution in [0, 0.1) is 6.92 Å². The van der Waals surface area contributed by atoms with Crippen LogP contribution in [-0.4, -0.2) is 40.0 Å². The summed E-state index contributed by atoms with van der Waals surface area (Å²) in [7, 11) is 0. The molecular weight excluding hydrogens is 272 g/mol. The monoisotopic (exact) mass is 292 g/mol. The van der Waals surface area contributed by atoms with Gasteiger partial charge < -0.3 is 13.7 Å². The number of aryl methyl sites for hydroxylation is 1. The van der Waals surface area contributed by atoms with Crippen LogP contribution in [0.4, 0.5) is 0 Å². The van der Waals surface area contributed by atoms with E-state index in [-0.39, 0.29) is 12.0 Å². The first-order chi connectivity index (χ1) is 10.1. The van der Waals surface area contributed by atoms with Crippen molar-refractivity contribution in [1.29, 1.82) is 0 Å². The van der Waals surface area contributed by atoms with Gasteiger partial charge in [0.2, 0.25) is 11.8 Å². The Bertz CT molecular complexity index is 593. The Balaban J connectivity index is 1.77. The zero-order chi connectivity index (χ0) is 14.8. The van der Waals surface area contributed by atoms with Gasteiger partial charge in [0, 0.05) is 18.5 Å². The third kappa shape index (κ3) is 3.14. The standard InChI is InChI=1S/C14H20N4O3/c1-9(2)13-15-16-14(20-13)12-8-19-5-4-18(12)7-11-6-10(3)17-21-11/h6,9,12H,4-5,7-8H2,1-3H3. The number of ether oxygens (including phenoxy) is 1. The van der Waals surface area contributed by atoms with Crippen molar-refractivity contribution < 1.29 is 13.7 Å². The molecule has 0 radical (unpaired) electrons. The average molecular weight is 292 g/mol. The van der Waals surface area contributed by atoms with Gasteiger partial charge in [-0.3, -0.25) is 4.90 Å². The van der Waals surface area contributed by atoms with Crippen molar-refractivity contribution in [3.05, 3.63) is 29.3 Å². The van der Waals surface area contributed by atoms with E-state index in [9.17, 15) is 0 Å². The molecule has 7 nitrogen and oxygen atoms in total. The highest BCUT2D eigenvalue weighted by atomic mass is 16.5. The van der Waals surface area contributed by atoms with Crippen LogP contribution in [-0.2, 0) is 11.3 Å². The first kappa shape index (κ1) is 14.2. The molecule has 0 aromatic carbocycles. The molecule has 0 N–H and O–H groups in total. The van der Waals surface area contributed by atoms with Crippen molar-refractivity contribution in [1.82, 2.24) is 20.3 Å². The Morgan fingerprint density at radius 1 is 1.38 bits per heavy atom. The van der Waals surface area contributed by atoms with Crippen molar-refractivity contribution in [3.63, 3.8) is 0 Å². The van der Waals surface area contributed by atoms with E-state index in [1.165, 1.54) is 0 Å². The van der Waals surface area contributed by atoms with E-state index in [4.69, 9.17) is 13.7 Å². The number of aromatic nitrogens is 3.